The molecule has 0 bridgehead atoms. The molecule has 1 saturated heterocycles. The van der Waals surface area contributed by atoms with Gasteiger partial charge in [-0.2, -0.15) is 0 Å². The Balaban J connectivity index is 2.19. The van der Waals surface area contributed by atoms with Crippen molar-refractivity contribution in [2.45, 2.75) is 39.2 Å². The second kappa shape index (κ2) is 3.47. The number of rotatable bonds is 1. The van der Waals surface area contributed by atoms with Gasteiger partial charge in [0.05, 0.1) is 6.04 Å². The number of amides is 1. The van der Waals surface area contributed by atoms with Crippen molar-refractivity contribution < 1.29 is 9.59 Å². The van der Waals surface area contributed by atoms with Crippen LogP contribution in [0.2, 0.25) is 0 Å². The van der Waals surface area contributed by atoms with Gasteiger partial charge in [-0.3, -0.25) is 9.59 Å². The quantitative estimate of drug-likeness (QED) is 0.611. The summed E-state index contributed by atoms with van der Waals surface area (Å²) in [4.78, 5) is 24.7. The molecule has 1 aliphatic carbocycles. The highest BCUT2D eigenvalue weighted by atomic mass is 16.2. The van der Waals surface area contributed by atoms with Crippen LogP contribution >= 0.6 is 0 Å². The number of ketones is 1. The average molecular weight is 207 g/mol. The molecule has 0 aromatic carbocycles. The Bertz CT molecular complexity index is 301. The van der Waals surface area contributed by atoms with Crippen LogP contribution in [0.25, 0.3) is 0 Å². The molecule has 1 fully saturated rings. The third kappa shape index (κ3) is 1.71. The number of hydrogen-bond acceptors (Lipinski definition) is 2. The van der Waals surface area contributed by atoms with E-state index in [-0.39, 0.29) is 23.1 Å². The molecule has 1 aliphatic heterocycles. The molecule has 1 atom stereocenters. The van der Waals surface area contributed by atoms with Gasteiger partial charge in [0.25, 0.3) is 0 Å². The highest BCUT2D eigenvalue weighted by molar-refractivity contribution is 5.87. The van der Waals surface area contributed by atoms with Gasteiger partial charge in [0.15, 0.2) is 5.78 Å². The lowest BCUT2D eigenvalue weighted by Gasteiger charge is -2.23. The van der Waals surface area contributed by atoms with Gasteiger partial charge < -0.3 is 4.90 Å². The first-order chi connectivity index (χ1) is 7.04. The summed E-state index contributed by atoms with van der Waals surface area (Å²) in [5.41, 5.74) is 0.169. The molecule has 82 valence electrons. The minimum absolute atomic E-state index is 0.0268. The van der Waals surface area contributed by atoms with Crippen molar-refractivity contribution in [1.29, 1.82) is 0 Å². The molecule has 15 heavy (non-hydrogen) atoms. The zero-order chi connectivity index (χ0) is 11.1. The molecule has 1 amide bonds. The summed E-state index contributed by atoms with van der Waals surface area (Å²) in [5.74, 6) is 0.146. The van der Waals surface area contributed by atoms with Crippen molar-refractivity contribution >= 4 is 11.7 Å². The van der Waals surface area contributed by atoms with Crippen molar-refractivity contribution in [3.63, 3.8) is 0 Å². The third-order valence-electron chi connectivity index (χ3n) is 3.65. The fourth-order valence-corrected chi connectivity index (χ4v) is 2.80. The van der Waals surface area contributed by atoms with E-state index in [0.29, 0.717) is 0 Å². The highest BCUT2D eigenvalue weighted by Gasteiger charge is 2.46. The molecule has 2 rings (SSSR count). The van der Waals surface area contributed by atoms with Gasteiger partial charge in [-0.25, -0.2) is 0 Å². The van der Waals surface area contributed by atoms with E-state index in [1.54, 1.807) is 18.7 Å². The lowest BCUT2D eigenvalue weighted by atomic mass is 9.82. The average Bonchev–Trinajstić information content (AvgIpc) is 2.74. The topological polar surface area (TPSA) is 37.4 Å². The van der Waals surface area contributed by atoms with Crippen molar-refractivity contribution in [3.05, 3.63) is 12.2 Å². The van der Waals surface area contributed by atoms with Crippen molar-refractivity contribution in [1.82, 2.24) is 4.90 Å². The Morgan fingerprint density at radius 3 is 2.27 bits per heavy atom. The maximum Gasteiger partial charge on any atom is 0.220 e. The molecule has 3 nitrogen and oxygen atoms in total. The number of allylic oxidation sites excluding steroid dienone is 2. The van der Waals surface area contributed by atoms with Crippen LogP contribution in [0, 0.1) is 5.41 Å². The van der Waals surface area contributed by atoms with Crippen LogP contribution in [0.4, 0.5) is 0 Å². The number of hydrogen-bond donors (Lipinski definition) is 0. The maximum atomic E-state index is 11.5. The molecule has 2 aliphatic rings. The van der Waals surface area contributed by atoms with Gasteiger partial charge in [-0.1, -0.05) is 12.2 Å². The van der Waals surface area contributed by atoms with Crippen LogP contribution in [0.1, 0.15) is 33.1 Å². The van der Waals surface area contributed by atoms with Gasteiger partial charge in [-0.15, -0.1) is 0 Å². The first-order valence-electron chi connectivity index (χ1n) is 5.47. The summed E-state index contributed by atoms with van der Waals surface area (Å²) < 4.78 is 0. The van der Waals surface area contributed by atoms with E-state index < -0.39 is 0 Å². The Morgan fingerprint density at radius 2 is 1.87 bits per heavy atom. The van der Waals surface area contributed by atoms with Crippen LogP contribution in [-0.2, 0) is 9.59 Å². The molecule has 1 spiro atoms. The maximum absolute atomic E-state index is 11.5. The van der Waals surface area contributed by atoms with Crippen molar-refractivity contribution in [2.75, 3.05) is 6.54 Å². The second-order valence-electron chi connectivity index (χ2n) is 4.86. The van der Waals surface area contributed by atoms with Gasteiger partial charge in [0.2, 0.25) is 5.91 Å². The molecule has 0 radical (unpaired) electrons. The standard InChI is InChI=1S/C12H17NO2/c1-9(14)11-7-12(5-3-4-6-12)8-13(11)10(2)15/h3-4,11H,5-8H2,1-2H3. The van der Waals surface area contributed by atoms with E-state index in [1.165, 1.54) is 0 Å². The van der Waals surface area contributed by atoms with E-state index in [9.17, 15) is 9.59 Å². The van der Waals surface area contributed by atoms with Crippen molar-refractivity contribution in [2.24, 2.45) is 5.41 Å². The van der Waals surface area contributed by atoms with Gasteiger partial charge in [-0.05, 0) is 31.6 Å². The molecule has 0 aromatic heterocycles. The number of carbonyl (C=O) groups is 2. The first kappa shape index (κ1) is 10.4. The van der Waals surface area contributed by atoms with E-state index in [0.717, 1.165) is 25.8 Å². The third-order valence-corrected chi connectivity index (χ3v) is 3.65. The molecular weight excluding hydrogens is 190 g/mol. The predicted octanol–water partition coefficient (Wildman–Crippen LogP) is 1.53. The minimum Gasteiger partial charge on any atom is -0.332 e. The summed E-state index contributed by atoms with van der Waals surface area (Å²) in [6, 6.07) is -0.178. The highest BCUT2D eigenvalue weighted by Crippen LogP contribution is 2.44. The Hall–Kier alpha value is -1.12. The molecule has 1 unspecified atom stereocenters. The van der Waals surface area contributed by atoms with E-state index in [1.807, 2.05) is 0 Å². The summed E-state index contributed by atoms with van der Waals surface area (Å²) in [6.45, 7) is 3.89. The summed E-state index contributed by atoms with van der Waals surface area (Å²) >= 11 is 0. The van der Waals surface area contributed by atoms with E-state index in [2.05, 4.69) is 12.2 Å². The Kier molecular flexibility index (Phi) is 2.41. The van der Waals surface area contributed by atoms with Crippen molar-refractivity contribution in [3.8, 4) is 0 Å². The molecule has 0 aromatic rings. The van der Waals surface area contributed by atoms with Gasteiger partial charge in [0.1, 0.15) is 0 Å². The summed E-state index contributed by atoms with van der Waals surface area (Å²) in [7, 11) is 0. The predicted molar refractivity (Wildman–Crippen MR) is 57.3 cm³/mol. The number of likely N-dealkylation sites (tertiary alicyclic amines) is 1. The van der Waals surface area contributed by atoms with E-state index >= 15 is 0 Å². The SMILES string of the molecule is CC(=O)C1CC2(CC=CC2)CN1C(C)=O. The largest absolute Gasteiger partial charge is 0.332 e. The number of carbonyl (C=O) groups excluding carboxylic acids is 2. The minimum atomic E-state index is -0.178. The smallest absolute Gasteiger partial charge is 0.220 e. The number of nitrogens with zero attached hydrogens (tertiary/aromatic N) is 1. The van der Waals surface area contributed by atoms with Crippen LogP contribution < -0.4 is 0 Å². The van der Waals surface area contributed by atoms with Crippen LogP contribution in [0.5, 0.6) is 0 Å². The molecule has 0 N–H and O–H groups in total. The fraction of sp³-hybridized carbons (Fsp3) is 0.667. The lowest BCUT2D eigenvalue weighted by molar-refractivity contribution is -0.135. The Morgan fingerprint density at radius 1 is 1.27 bits per heavy atom. The van der Waals surface area contributed by atoms with Gasteiger partial charge >= 0.3 is 0 Å². The Labute approximate surface area is 90.1 Å². The van der Waals surface area contributed by atoms with Crippen LogP contribution in [-0.4, -0.2) is 29.2 Å². The molecule has 0 saturated carbocycles. The van der Waals surface area contributed by atoms with Crippen LogP contribution in [0.15, 0.2) is 12.2 Å². The molecular formula is C12H17NO2. The summed E-state index contributed by atoms with van der Waals surface area (Å²) in [6.07, 6.45) is 7.21. The normalized spacial score (nSPS) is 27.6. The lowest BCUT2D eigenvalue weighted by Crippen LogP contribution is -2.38. The fourth-order valence-electron chi connectivity index (χ4n) is 2.80. The van der Waals surface area contributed by atoms with E-state index in [4.69, 9.17) is 0 Å². The monoisotopic (exact) mass is 207 g/mol. The van der Waals surface area contributed by atoms with Crippen LogP contribution in [0.3, 0.4) is 0 Å². The zero-order valence-corrected chi connectivity index (χ0v) is 9.32. The molecule has 1 heterocycles. The summed E-state index contributed by atoms with van der Waals surface area (Å²) in [5, 5.41) is 0. The first-order valence-corrected chi connectivity index (χ1v) is 5.47. The van der Waals surface area contributed by atoms with Gasteiger partial charge in [0, 0.05) is 13.5 Å². The molecule has 3 heteroatoms. The zero-order valence-electron chi connectivity index (χ0n) is 9.32. The second-order valence-corrected chi connectivity index (χ2v) is 4.86. The number of Topliss-reactive ketones (excluding diaryl/α,β-unsaturated/α-hetero) is 1.